The number of azo groups is 1. The Hall–Kier alpha value is -2.48. The van der Waals surface area contributed by atoms with Gasteiger partial charge >= 0.3 is 0 Å². The maximum atomic E-state index is 12.3. The molecule has 8 nitrogen and oxygen atoms in total. The van der Waals surface area contributed by atoms with E-state index in [-0.39, 0.29) is 37.5 Å². The van der Waals surface area contributed by atoms with Gasteiger partial charge in [0.15, 0.2) is 11.1 Å². The van der Waals surface area contributed by atoms with Crippen molar-refractivity contribution in [3.63, 3.8) is 0 Å². The maximum absolute atomic E-state index is 12.3. The number of hydrogen-bond donors (Lipinski definition) is 2. The van der Waals surface area contributed by atoms with Crippen molar-refractivity contribution in [3.05, 3.63) is 0 Å². The molecule has 0 aliphatic heterocycles. The van der Waals surface area contributed by atoms with Gasteiger partial charge in [0.1, 0.15) is 0 Å². The summed E-state index contributed by atoms with van der Waals surface area (Å²) >= 11 is 0. The molecule has 0 saturated heterocycles. The van der Waals surface area contributed by atoms with Crippen LogP contribution >= 0.6 is 0 Å². The van der Waals surface area contributed by atoms with Gasteiger partial charge in [0.2, 0.25) is 11.8 Å². The van der Waals surface area contributed by atoms with Crippen LogP contribution in [-0.4, -0.2) is 36.0 Å². The summed E-state index contributed by atoms with van der Waals surface area (Å²) in [6, 6.07) is 4.26. The van der Waals surface area contributed by atoms with Crippen LogP contribution in [0.4, 0.5) is 0 Å². The molecule has 0 aliphatic rings. The van der Waals surface area contributed by atoms with E-state index in [1.165, 1.54) is 77.0 Å². The van der Waals surface area contributed by atoms with Crippen molar-refractivity contribution in [3.8, 4) is 12.1 Å². The maximum Gasteiger partial charge on any atom is 0.220 e. The van der Waals surface area contributed by atoms with Crippen molar-refractivity contribution >= 4 is 11.8 Å². The van der Waals surface area contributed by atoms with Gasteiger partial charge in [0.05, 0.1) is 12.1 Å². The minimum atomic E-state index is -1.20. The number of nitriles is 2. The van der Waals surface area contributed by atoms with Crippen molar-refractivity contribution in [2.24, 2.45) is 10.2 Å². The zero-order valence-electron chi connectivity index (χ0n) is 26.2. The second kappa shape index (κ2) is 24.3. The highest BCUT2D eigenvalue weighted by Crippen LogP contribution is 2.23. The number of carbonyl (C=O) groups is 2. The first-order valence-electron chi connectivity index (χ1n) is 16.0. The normalized spacial score (nSPS) is 14.2. The van der Waals surface area contributed by atoms with Gasteiger partial charge in [-0.25, -0.2) is 0 Å². The highest BCUT2D eigenvalue weighted by Gasteiger charge is 2.29. The summed E-state index contributed by atoms with van der Waals surface area (Å²) < 4.78 is 0. The zero-order chi connectivity index (χ0) is 30.0. The van der Waals surface area contributed by atoms with Gasteiger partial charge in [-0.1, -0.05) is 104 Å². The highest BCUT2D eigenvalue weighted by atomic mass is 16.2. The second-order valence-electron chi connectivity index (χ2n) is 11.6. The van der Waals surface area contributed by atoms with E-state index < -0.39 is 11.1 Å². The quantitative estimate of drug-likeness (QED) is 0.0820. The molecule has 2 unspecified atom stereocenters. The first kappa shape index (κ1) is 37.5. The van der Waals surface area contributed by atoms with Crippen LogP contribution in [0.1, 0.15) is 156 Å². The summed E-state index contributed by atoms with van der Waals surface area (Å²) in [6.45, 7) is 8.97. The van der Waals surface area contributed by atoms with Crippen LogP contribution in [0, 0.1) is 22.7 Å². The van der Waals surface area contributed by atoms with Crippen molar-refractivity contribution in [2.75, 3.05) is 13.1 Å². The molecule has 0 heterocycles. The van der Waals surface area contributed by atoms with E-state index in [0.717, 1.165) is 25.7 Å². The molecule has 2 amide bonds. The van der Waals surface area contributed by atoms with E-state index in [9.17, 15) is 20.1 Å². The minimum Gasteiger partial charge on any atom is -0.356 e. The van der Waals surface area contributed by atoms with Crippen LogP contribution in [0.3, 0.4) is 0 Å². The molecule has 2 atom stereocenters. The molecule has 0 fully saturated rings. The lowest BCUT2D eigenvalue weighted by molar-refractivity contribution is -0.122. The minimum absolute atomic E-state index is 0.101. The molecule has 0 aromatic rings. The Morgan fingerprint density at radius 3 is 1.18 bits per heavy atom. The van der Waals surface area contributed by atoms with Crippen molar-refractivity contribution in [2.45, 2.75) is 167 Å². The van der Waals surface area contributed by atoms with Gasteiger partial charge in [0, 0.05) is 25.9 Å². The summed E-state index contributed by atoms with van der Waals surface area (Å²) in [5.74, 6) is -0.202. The molecular weight excluding hydrogens is 500 g/mol. The van der Waals surface area contributed by atoms with E-state index in [2.05, 4.69) is 46.8 Å². The second-order valence-corrected chi connectivity index (χ2v) is 11.6. The standard InChI is InChI=1S/C32H58N6O2/c1-5-7-9-11-13-15-17-19-25-35-29(39)21-23-31(3,27-33)37-38-32(4,28-34)24-22-30(40)36-26-20-18-16-14-12-10-8-6-2/h5-26H2,1-4H3,(H,35,39)(H,36,40). The Morgan fingerprint density at radius 1 is 0.575 bits per heavy atom. The van der Waals surface area contributed by atoms with Crippen LogP contribution in [0.2, 0.25) is 0 Å². The largest absolute Gasteiger partial charge is 0.356 e. The molecule has 40 heavy (non-hydrogen) atoms. The zero-order valence-corrected chi connectivity index (χ0v) is 26.2. The van der Waals surface area contributed by atoms with Gasteiger partial charge in [-0.05, 0) is 39.5 Å². The van der Waals surface area contributed by atoms with E-state index in [1.54, 1.807) is 13.8 Å². The number of hydrogen-bond acceptors (Lipinski definition) is 6. The molecule has 0 rings (SSSR count). The smallest absolute Gasteiger partial charge is 0.220 e. The summed E-state index contributed by atoms with van der Waals surface area (Å²) in [7, 11) is 0. The lowest BCUT2D eigenvalue weighted by Crippen LogP contribution is -2.30. The van der Waals surface area contributed by atoms with Gasteiger partial charge in [-0.3, -0.25) is 9.59 Å². The molecule has 8 heteroatoms. The van der Waals surface area contributed by atoms with E-state index in [0.29, 0.717) is 13.1 Å². The SMILES string of the molecule is CCCCCCCCCCNC(=O)CCC(C)(C#N)N=NC(C)(C#N)CCC(=O)NCCCCCCCCCC. The summed E-state index contributed by atoms with van der Waals surface area (Å²) in [5, 5.41) is 33.5. The van der Waals surface area contributed by atoms with Crippen LogP contribution in [0.5, 0.6) is 0 Å². The highest BCUT2D eigenvalue weighted by molar-refractivity contribution is 5.76. The molecule has 0 aromatic carbocycles. The molecule has 2 N–H and O–H groups in total. The lowest BCUT2D eigenvalue weighted by Gasteiger charge is -2.19. The fourth-order valence-electron chi connectivity index (χ4n) is 4.34. The Labute approximate surface area is 245 Å². The van der Waals surface area contributed by atoms with Gasteiger partial charge in [-0.2, -0.15) is 20.8 Å². The monoisotopic (exact) mass is 558 g/mol. The number of amides is 2. The predicted octanol–water partition coefficient (Wildman–Crippen LogP) is 8.08. The number of unbranched alkanes of at least 4 members (excludes halogenated alkanes) is 14. The molecule has 228 valence electrons. The van der Waals surface area contributed by atoms with Crippen molar-refractivity contribution in [1.29, 1.82) is 10.5 Å². The predicted molar refractivity (Wildman–Crippen MR) is 163 cm³/mol. The van der Waals surface area contributed by atoms with Gasteiger partial charge < -0.3 is 10.6 Å². The van der Waals surface area contributed by atoms with Crippen LogP contribution < -0.4 is 10.6 Å². The number of nitrogens with one attached hydrogen (secondary N) is 2. The summed E-state index contributed by atoms with van der Waals surface area (Å²) in [5.41, 5.74) is -2.40. The van der Waals surface area contributed by atoms with Crippen LogP contribution in [-0.2, 0) is 9.59 Å². The third kappa shape index (κ3) is 21.4. The number of carbonyl (C=O) groups excluding carboxylic acids is 2. The average molecular weight is 559 g/mol. The summed E-state index contributed by atoms with van der Waals surface area (Å²) in [4.78, 5) is 24.5. The number of nitrogens with zero attached hydrogens (tertiary/aromatic N) is 4. The lowest BCUT2D eigenvalue weighted by atomic mass is 9.97. The van der Waals surface area contributed by atoms with E-state index in [1.807, 2.05) is 0 Å². The first-order chi connectivity index (χ1) is 19.2. The fourth-order valence-corrected chi connectivity index (χ4v) is 4.34. The molecule has 0 bridgehead atoms. The molecule has 0 aliphatic carbocycles. The van der Waals surface area contributed by atoms with Crippen molar-refractivity contribution in [1.82, 2.24) is 10.6 Å². The molecule has 0 aromatic heterocycles. The topological polar surface area (TPSA) is 130 Å². The Balaban J connectivity index is 4.28. The molecule has 0 spiro atoms. The Morgan fingerprint density at radius 2 is 0.875 bits per heavy atom. The van der Waals surface area contributed by atoms with Crippen molar-refractivity contribution < 1.29 is 9.59 Å². The molecule has 0 radical (unpaired) electrons. The van der Waals surface area contributed by atoms with Crippen LogP contribution in [0.25, 0.3) is 0 Å². The fraction of sp³-hybridized carbons (Fsp3) is 0.875. The summed E-state index contributed by atoms with van der Waals surface area (Å²) in [6.07, 6.45) is 20.2. The number of rotatable bonds is 26. The molecule has 0 saturated carbocycles. The van der Waals surface area contributed by atoms with E-state index in [4.69, 9.17) is 0 Å². The van der Waals surface area contributed by atoms with Crippen LogP contribution in [0.15, 0.2) is 10.2 Å². The Bertz CT molecular complexity index is 723. The van der Waals surface area contributed by atoms with E-state index >= 15 is 0 Å². The Kier molecular flexibility index (Phi) is 22.8. The third-order valence-corrected chi connectivity index (χ3v) is 7.36. The first-order valence-corrected chi connectivity index (χ1v) is 16.0. The molecular formula is C32H58N6O2. The van der Waals surface area contributed by atoms with Gasteiger partial charge in [-0.15, -0.1) is 0 Å². The van der Waals surface area contributed by atoms with Gasteiger partial charge in [0.25, 0.3) is 0 Å². The average Bonchev–Trinajstić information content (AvgIpc) is 2.96. The third-order valence-electron chi connectivity index (χ3n) is 7.36.